The van der Waals surface area contributed by atoms with Gasteiger partial charge in [-0.3, -0.25) is 14.3 Å². The second-order valence-electron chi connectivity index (χ2n) is 8.16. The summed E-state index contributed by atoms with van der Waals surface area (Å²) in [5.41, 5.74) is -0.894. The summed E-state index contributed by atoms with van der Waals surface area (Å²) in [7, 11) is 1.48. The number of halogens is 1. The van der Waals surface area contributed by atoms with Crippen molar-refractivity contribution in [1.82, 2.24) is 9.55 Å². The van der Waals surface area contributed by atoms with Crippen LogP contribution in [-0.2, 0) is 32.2 Å². The highest BCUT2D eigenvalue weighted by Gasteiger charge is 2.58. The van der Waals surface area contributed by atoms with Gasteiger partial charge >= 0.3 is 5.69 Å². The van der Waals surface area contributed by atoms with Gasteiger partial charge in [-0.15, -0.1) is 0 Å². The average Bonchev–Trinajstić information content (AvgIpc) is 3.10. The molecule has 0 radical (unpaired) electrons. The molecule has 1 aromatic heterocycles. The van der Waals surface area contributed by atoms with Gasteiger partial charge in [-0.25, -0.2) is 9.18 Å². The van der Waals surface area contributed by atoms with E-state index in [2.05, 4.69) is 4.98 Å². The third-order valence-electron chi connectivity index (χ3n) is 5.68. The molecule has 1 aliphatic rings. The minimum atomic E-state index is -1.73. The van der Waals surface area contributed by atoms with Crippen LogP contribution in [0, 0.1) is 0 Å². The Kier molecular flexibility index (Phi) is 7.69. The SMILES string of the molecule is COC[C@]1(COCc2ccccc2)O[C@@H](n2ccc(=O)[nH]c2=O)[C@H](F)[C@@H]1OCc1ccccc1. The molecule has 4 atom stereocenters. The number of aromatic nitrogens is 2. The first-order valence-electron chi connectivity index (χ1n) is 10.9. The van der Waals surface area contributed by atoms with E-state index in [1.807, 2.05) is 60.7 Å². The molecule has 0 bridgehead atoms. The summed E-state index contributed by atoms with van der Waals surface area (Å²) < 4.78 is 40.4. The van der Waals surface area contributed by atoms with Gasteiger partial charge in [-0.2, -0.15) is 0 Å². The Balaban J connectivity index is 1.61. The summed E-state index contributed by atoms with van der Waals surface area (Å²) in [5, 5.41) is 0. The first kappa shape index (κ1) is 24.0. The molecule has 1 N–H and O–H groups in total. The standard InChI is InChI=1S/C25H27FN2O6/c1-31-16-25(17-32-14-18-8-4-2-5-9-18)22(33-15-19-10-6-3-7-11-19)21(26)23(34-25)28-13-12-20(29)27-24(28)30/h2-13,21-23H,14-17H2,1H3,(H,27,29,30)/t21-,22+,23-,25-/m1/s1. The smallest absolute Gasteiger partial charge is 0.330 e. The molecule has 4 rings (SSSR count). The molecule has 1 saturated heterocycles. The Bertz CT molecular complexity index is 1170. The van der Waals surface area contributed by atoms with Gasteiger partial charge in [-0.1, -0.05) is 60.7 Å². The van der Waals surface area contributed by atoms with Crippen LogP contribution in [0.4, 0.5) is 4.39 Å². The zero-order valence-corrected chi connectivity index (χ0v) is 18.8. The molecule has 0 unspecified atom stereocenters. The first-order valence-corrected chi connectivity index (χ1v) is 10.9. The molecule has 0 spiro atoms. The topological polar surface area (TPSA) is 91.8 Å². The number of methoxy groups -OCH3 is 1. The average molecular weight is 470 g/mol. The van der Waals surface area contributed by atoms with E-state index in [0.29, 0.717) is 0 Å². The summed E-state index contributed by atoms with van der Waals surface area (Å²) >= 11 is 0. The minimum Gasteiger partial charge on any atom is -0.381 e. The molecule has 34 heavy (non-hydrogen) atoms. The molecular formula is C25H27FN2O6. The number of benzene rings is 2. The van der Waals surface area contributed by atoms with Crippen molar-refractivity contribution in [2.75, 3.05) is 20.3 Å². The van der Waals surface area contributed by atoms with E-state index < -0.39 is 35.4 Å². The molecule has 2 heterocycles. The second kappa shape index (κ2) is 10.9. The maximum Gasteiger partial charge on any atom is 0.330 e. The molecule has 0 aliphatic carbocycles. The predicted octanol–water partition coefficient (Wildman–Crippen LogP) is 2.59. The lowest BCUT2D eigenvalue weighted by molar-refractivity contribution is -0.180. The van der Waals surface area contributed by atoms with E-state index in [4.69, 9.17) is 18.9 Å². The van der Waals surface area contributed by atoms with Crippen LogP contribution in [0.25, 0.3) is 0 Å². The molecule has 0 saturated carbocycles. The maximum atomic E-state index is 15.9. The summed E-state index contributed by atoms with van der Waals surface area (Å²) in [5.74, 6) is 0. The highest BCUT2D eigenvalue weighted by atomic mass is 19.1. The molecule has 1 fully saturated rings. The number of rotatable bonds is 10. The van der Waals surface area contributed by atoms with Crippen LogP contribution in [-0.4, -0.2) is 47.8 Å². The lowest BCUT2D eigenvalue weighted by Crippen LogP contribution is -2.51. The number of nitrogens with one attached hydrogen (secondary N) is 1. The molecule has 8 nitrogen and oxygen atoms in total. The Hall–Kier alpha value is -3.11. The van der Waals surface area contributed by atoms with Gasteiger partial charge in [0.25, 0.3) is 5.56 Å². The number of alkyl halides is 1. The van der Waals surface area contributed by atoms with Gasteiger partial charge in [0.1, 0.15) is 11.7 Å². The lowest BCUT2D eigenvalue weighted by atomic mass is 9.97. The van der Waals surface area contributed by atoms with Crippen molar-refractivity contribution in [3.05, 3.63) is 105 Å². The van der Waals surface area contributed by atoms with E-state index >= 15 is 4.39 Å². The third kappa shape index (κ3) is 5.34. The van der Waals surface area contributed by atoms with E-state index in [1.165, 1.54) is 13.3 Å². The summed E-state index contributed by atoms with van der Waals surface area (Å²) in [6.45, 7) is 0.342. The van der Waals surface area contributed by atoms with E-state index in [1.54, 1.807) is 0 Å². The van der Waals surface area contributed by atoms with Crippen LogP contribution in [0.1, 0.15) is 17.4 Å². The number of H-pyrrole nitrogens is 1. The number of aromatic amines is 1. The maximum absolute atomic E-state index is 15.9. The molecule has 0 amide bonds. The normalized spacial score (nSPS) is 24.4. The largest absolute Gasteiger partial charge is 0.381 e. The van der Waals surface area contributed by atoms with Crippen molar-refractivity contribution in [2.45, 2.75) is 37.3 Å². The fourth-order valence-corrected chi connectivity index (χ4v) is 4.09. The predicted molar refractivity (Wildman–Crippen MR) is 122 cm³/mol. The summed E-state index contributed by atoms with van der Waals surface area (Å²) in [4.78, 5) is 26.0. The number of nitrogens with zero attached hydrogens (tertiary/aromatic N) is 1. The van der Waals surface area contributed by atoms with E-state index in [-0.39, 0.29) is 26.4 Å². The van der Waals surface area contributed by atoms with Crippen molar-refractivity contribution in [3.63, 3.8) is 0 Å². The van der Waals surface area contributed by atoms with Gasteiger partial charge in [0.15, 0.2) is 12.4 Å². The van der Waals surface area contributed by atoms with Gasteiger partial charge in [0, 0.05) is 19.4 Å². The van der Waals surface area contributed by atoms with Crippen LogP contribution in [0.2, 0.25) is 0 Å². The highest BCUT2D eigenvalue weighted by molar-refractivity contribution is 5.15. The Morgan fingerprint density at radius 2 is 1.62 bits per heavy atom. The van der Waals surface area contributed by atoms with Crippen molar-refractivity contribution < 1.29 is 23.3 Å². The molecule has 180 valence electrons. The zero-order valence-electron chi connectivity index (χ0n) is 18.8. The van der Waals surface area contributed by atoms with Crippen molar-refractivity contribution >= 4 is 0 Å². The summed E-state index contributed by atoms with van der Waals surface area (Å²) in [6.07, 6.45) is -2.96. The van der Waals surface area contributed by atoms with Crippen LogP contribution in [0.3, 0.4) is 0 Å². The number of hydrogen-bond acceptors (Lipinski definition) is 6. The Labute approximate surface area is 195 Å². The monoisotopic (exact) mass is 470 g/mol. The van der Waals surface area contributed by atoms with Gasteiger partial charge in [0.05, 0.1) is 26.4 Å². The van der Waals surface area contributed by atoms with Crippen LogP contribution in [0.15, 0.2) is 82.5 Å². The van der Waals surface area contributed by atoms with Crippen molar-refractivity contribution in [2.24, 2.45) is 0 Å². The third-order valence-corrected chi connectivity index (χ3v) is 5.68. The van der Waals surface area contributed by atoms with Gasteiger partial charge in [-0.05, 0) is 11.1 Å². The molecule has 9 heteroatoms. The molecule has 2 aromatic carbocycles. The quantitative estimate of drug-likeness (QED) is 0.490. The van der Waals surface area contributed by atoms with Crippen LogP contribution < -0.4 is 11.2 Å². The number of ether oxygens (including phenoxy) is 4. The summed E-state index contributed by atoms with van der Waals surface area (Å²) in [6, 6.07) is 20.0. The van der Waals surface area contributed by atoms with Crippen LogP contribution >= 0.6 is 0 Å². The van der Waals surface area contributed by atoms with Crippen molar-refractivity contribution in [1.29, 1.82) is 0 Å². The Morgan fingerprint density at radius 1 is 0.971 bits per heavy atom. The molecule has 3 aromatic rings. The molecule has 1 aliphatic heterocycles. The number of hydrogen-bond donors (Lipinski definition) is 1. The Morgan fingerprint density at radius 3 is 2.24 bits per heavy atom. The van der Waals surface area contributed by atoms with Crippen LogP contribution in [0.5, 0.6) is 0 Å². The zero-order chi connectivity index (χ0) is 24.0. The molecular weight excluding hydrogens is 443 g/mol. The van der Waals surface area contributed by atoms with Gasteiger partial charge < -0.3 is 18.9 Å². The fourth-order valence-electron chi connectivity index (χ4n) is 4.09. The minimum absolute atomic E-state index is 0.0315. The first-order chi connectivity index (χ1) is 16.5. The van der Waals surface area contributed by atoms with Crippen molar-refractivity contribution in [3.8, 4) is 0 Å². The highest BCUT2D eigenvalue weighted by Crippen LogP contribution is 2.41. The van der Waals surface area contributed by atoms with E-state index in [9.17, 15) is 9.59 Å². The van der Waals surface area contributed by atoms with Gasteiger partial charge in [0.2, 0.25) is 0 Å². The lowest BCUT2D eigenvalue weighted by Gasteiger charge is -2.33. The fraction of sp³-hybridized carbons (Fsp3) is 0.360. The van der Waals surface area contributed by atoms with E-state index in [0.717, 1.165) is 21.8 Å². The second-order valence-corrected chi connectivity index (χ2v) is 8.16.